The normalized spacial score (nSPS) is 22.8. The molecule has 1 unspecified atom stereocenters. The van der Waals surface area contributed by atoms with Gasteiger partial charge in [0.05, 0.1) is 6.04 Å². The summed E-state index contributed by atoms with van der Waals surface area (Å²) >= 11 is 0. The van der Waals surface area contributed by atoms with Crippen molar-refractivity contribution >= 4 is 5.91 Å². The molecule has 0 bridgehead atoms. The van der Waals surface area contributed by atoms with Gasteiger partial charge in [-0.3, -0.25) is 15.1 Å². The lowest BCUT2D eigenvalue weighted by molar-refractivity contribution is -0.128. The monoisotopic (exact) mass is 227 g/mol. The van der Waals surface area contributed by atoms with E-state index in [0.717, 1.165) is 25.9 Å². The third kappa shape index (κ3) is 3.46. The Morgan fingerprint density at radius 2 is 2.25 bits per heavy atom. The highest BCUT2D eigenvalue weighted by Gasteiger charge is 2.32. The molecule has 16 heavy (non-hydrogen) atoms. The zero-order chi connectivity index (χ0) is 12.2. The van der Waals surface area contributed by atoms with Gasteiger partial charge in [0.1, 0.15) is 0 Å². The Kier molecular flexibility index (Phi) is 4.74. The van der Waals surface area contributed by atoms with E-state index in [1.807, 2.05) is 0 Å². The lowest BCUT2D eigenvalue weighted by Gasteiger charge is -2.41. The molecule has 1 atom stereocenters. The molecule has 1 aliphatic rings. The summed E-state index contributed by atoms with van der Waals surface area (Å²) in [6.07, 6.45) is 4.31. The summed E-state index contributed by atoms with van der Waals surface area (Å²) in [5, 5.41) is 0. The molecular weight excluding hydrogens is 202 g/mol. The number of hydrazine groups is 1. The van der Waals surface area contributed by atoms with Gasteiger partial charge in [-0.2, -0.15) is 0 Å². The second-order valence-corrected chi connectivity index (χ2v) is 5.55. The van der Waals surface area contributed by atoms with Crippen LogP contribution in [0, 0.1) is 5.41 Å². The molecule has 1 saturated heterocycles. The number of amides is 1. The molecule has 0 spiro atoms. The molecule has 0 aromatic carbocycles. The van der Waals surface area contributed by atoms with E-state index in [-0.39, 0.29) is 11.9 Å². The molecule has 94 valence electrons. The molecule has 3 N–H and O–H groups in total. The molecule has 1 amide bonds. The van der Waals surface area contributed by atoms with Crippen LogP contribution in [0.5, 0.6) is 0 Å². The Bertz CT molecular complexity index is 240. The number of nitrogens with one attached hydrogen (secondary N) is 1. The Hall–Kier alpha value is -0.610. The smallest absolute Gasteiger partial charge is 0.251 e. The van der Waals surface area contributed by atoms with Crippen molar-refractivity contribution in [3.8, 4) is 0 Å². The fraction of sp³-hybridized carbons (Fsp3) is 0.917. The first kappa shape index (κ1) is 13.5. The van der Waals surface area contributed by atoms with Gasteiger partial charge in [-0.15, -0.1) is 0 Å². The molecule has 1 aliphatic heterocycles. The number of hydrogen-bond acceptors (Lipinski definition) is 3. The summed E-state index contributed by atoms with van der Waals surface area (Å²) in [4.78, 5) is 14.0. The van der Waals surface area contributed by atoms with Gasteiger partial charge in [-0.1, -0.05) is 27.2 Å². The highest BCUT2D eigenvalue weighted by Crippen LogP contribution is 2.30. The first-order valence-corrected chi connectivity index (χ1v) is 6.24. The largest absolute Gasteiger partial charge is 0.293 e. The summed E-state index contributed by atoms with van der Waals surface area (Å²) < 4.78 is 0. The minimum Gasteiger partial charge on any atom is -0.293 e. The molecule has 0 radical (unpaired) electrons. The molecule has 1 fully saturated rings. The SMILES string of the molecule is CCCC(C(=O)NN)N1CCCC(C)(C)C1. The maximum Gasteiger partial charge on any atom is 0.251 e. The van der Waals surface area contributed by atoms with Crippen LogP contribution in [0.15, 0.2) is 0 Å². The Balaban J connectivity index is 2.66. The number of rotatable bonds is 4. The maximum atomic E-state index is 11.7. The van der Waals surface area contributed by atoms with E-state index in [9.17, 15) is 4.79 Å². The van der Waals surface area contributed by atoms with Gasteiger partial charge in [0.2, 0.25) is 0 Å². The number of carbonyl (C=O) groups excluding carboxylic acids is 1. The zero-order valence-electron chi connectivity index (χ0n) is 10.8. The fourth-order valence-corrected chi connectivity index (χ4v) is 2.58. The second kappa shape index (κ2) is 5.64. The minimum absolute atomic E-state index is 0.0421. The van der Waals surface area contributed by atoms with Crippen molar-refractivity contribution in [1.82, 2.24) is 10.3 Å². The summed E-state index contributed by atoms with van der Waals surface area (Å²) in [5.41, 5.74) is 2.61. The average Bonchev–Trinajstić information content (AvgIpc) is 2.23. The van der Waals surface area contributed by atoms with E-state index in [4.69, 9.17) is 5.84 Å². The van der Waals surface area contributed by atoms with Crippen LogP contribution in [0.3, 0.4) is 0 Å². The van der Waals surface area contributed by atoms with E-state index < -0.39 is 0 Å². The first-order chi connectivity index (χ1) is 7.50. The molecule has 4 nitrogen and oxygen atoms in total. The summed E-state index contributed by atoms with van der Waals surface area (Å²) in [7, 11) is 0. The lowest BCUT2D eigenvalue weighted by Crippen LogP contribution is -2.53. The summed E-state index contributed by atoms with van der Waals surface area (Å²) in [6, 6.07) is -0.0467. The number of carbonyl (C=O) groups is 1. The number of nitrogens with zero attached hydrogens (tertiary/aromatic N) is 1. The fourth-order valence-electron chi connectivity index (χ4n) is 2.58. The molecule has 1 heterocycles. The third-order valence-corrected chi connectivity index (χ3v) is 3.38. The van der Waals surface area contributed by atoms with E-state index in [1.54, 1.807) is 0 Å². The van der Waals surface area contributed by atoms with E-state index >= 15 is 0 Å². The molecule has 0 aliphatic carbocycles. The molecule has 0 saturated carbocycles. The van der Waals surface area contributed by atoms with Gasteiger partial charge in [-0.05, 0) is 31.2 Å². The van der Waals surface area contributed by atoms with Gasteiger partial charge >= 0.3 is 0 Å². The van der Waals surface area contributed by atoms with Gasteiger partial charge in [-0.25, -0.2) is 5.84 Å². The van der Waals surface area contributed by atoms with Crippen molar-refractivity contribution in [2.24, 2.45) is 11.3 Å². The van der Waals surface area contributed by atoms with Crippen LogP contribution in [-0.4, -0.2) is 29.9 Å². The average molecular weight is 227 g/mol. The van der Waals surface area contributed by atoms with E-state index in [1.165, 1.54) is 12.8 Å². The standard InChI is InChI=1S/C12H25N3O/c1-4-6-10(11(16)14-13)15-8-5-7-12(2,3)9-15/h10H,4-9,13H2,1-3H3,(H,14,16). The van der Waals surface area contributed by atoms with Crippen molar-refractivity contribution < 1.29 is 4.79 Å². The first-order valence-electron chi connectivity index (χ1n) is 6.24. The van der Waals surface area contributed by atoms with Crippen LogP contribution >= 0.6 is 0 Å². The quantitative estimate of drug-likeness (QED) is 0.432. The van der Waals surface area contributed by atoms with E-state index in [0.29, 0.717) is 5.41 Å². The Labute approximate surface area is 98.5 Å². The summed E-state index contributed by atoms with van der Waals surface area (Å²) in [6.45, 7) is 8.64. The van der Waals surface area contributed by atoms with Crippen LogP contribution in [0.1, 0.15) is 46.5 Å². The molecule has 0 aromatic heterocycles. The van der Waals surface area contributed by atoms with Crippen LogP contribution < -0.4 is 11.3 Å². The highest BCUT2D eigenvalue weighted by molar-refractivity contribution is 5.81. The number of hydrogen-bond donors (Lipinski definition) is 2. The molecule has 4 heteroatoms. The van der Waals surface area contributed by atoms with Gasteiger partial charge in [0, 0.05) is 6.54 Å². The zero-order valence-corrected chi connectivity index (χ0v) is 10.8. The van der Waals surface area contributed by atoms with Gasteiger partial charge in [0.15, 0.2) is 0 Å². The highest BCUT2D eigenvalue weighted by atomic mass is 16.2. The van der Waals surface area contributed by atoms with Crippen LogP contribution in [0.4, 0.5) is 0 Å². The Morgan fingerprint density at radius 1 is 1.56 bits per heavy atom. The maximum absolute atomic E-state index is 11.7. The van der Waals surface area contributed by atoms with Gasteiger partial charge in [0.25, 0.3) is 5.91 Å². The predicted molar refractivity (Wildman–Crippen MR) is 65.6 cm³/mol. The molecular formula is C12H25N3O. The predicted octanol–water partition coefficient (Wildman–Crippen LogP) is 1.27. The second-order valence-electron chi connectivity index (χ2n) is 5.55. The van der Waals surface area contributed by atoms with Crippen molar-refractivity contribution in [3.63, 3.8) is 0 Å². The van der Waals surface area contributed by atoms with Crippen LogP contribution in [0.25, 0.3) is 0 Å². The lowest BCUT2D eigenvalue weighted by atomic mass is 9.83. The van der Waals surface area contributed by atoms with Crippen molar-refractivity contribution in [1.29, 1.82) is 0 Å². The minimum atomic E-state index is -0.0467. The van der Waals surface area contributed by atoms with Crippen molar-refractivity contribution in [2.75, 3.05) is 13.1 Å². The molecule has 1 rings (SSSR count). The molecule has 0 aromatic rings. The van der Waals surface area contributed by atoms with E-state index in [2.05, 4.69) is 31.1 Å². The third-order valence-electron chi connectivity index (χ3n) is 3.38. The van der Waals surface area contributed by atoms with Gasteiger partial charge < -0.3 is 0 Å². The topological polar surface area (TPSA) is 58.4 Å². The number of piperidine rings is 1. The van der Waals surface area contributed by atoms with Crippen LogP contribution in [0.2, 0.25) is 0 Å². The van der Waals surface area contributed by atoms with Crippen LogP contribution in [-0.2, 0) is 4.79 Å². The number of nitrogens with two attached hydrogens (primary N) is 1. The van der Waals surface area contributed by atoms with Crippen molar-refractivity contribution in [2.45, 2.75) is 52.5 Å². The Morgan fingerprint density at radius 3 is 2.75 bits per heavy atom. The summed E-state index contributed by atoms with van der Waals surface area (Å²) in [5.74, 6) is 5.21. The number of likely N-dealkylation sites (tertiary alicyclic amines) is 1. The van der Waals surface area contributed by atoms with Crippen molar-refractivity contribution in [3.05, 3.63) is 0 Å².